The summed E-state index contributed by atoms with van der Waals surface area (Å²) >= 11 is 6.24. The molecule has 90 valence electrons. The van der Waals surface area contributed by atoms with Crippen LogP contribution in [-0.2, 0) is 0 Å². The molecule has 0 amide bonds. The van der Waals surface area contributed by atoms with Crippen LogP contribution in [0.5, 0.6) is 5.75 Å². The highest BCUT2D eigenvalue weighted by Gasteiger charge is 2.11. The molecule has 1 aromatic heterocycles. The Morgan fingerprint density at radius 2 is 1.89 bits per heavy atom. The monoisotopic (exact) mass is 258 g/mol. The van der Waals surface area contributed by atoms with E-state index in [4.69, 9.17) is 16.3 Å². The summed E-state index contributed by atoms with van der Waals surface area (Å²) in [5, 5.41) is 0.546. The standard InChI is InChI=1S/C14H11ClN2O/c1-18-12-8-7-11-14(13(12)15)16-9-17(11)10-5-3-2-4-6-10/h2-9H,1H3. The molecule has 0 N–H and O–H groups in total. The van der Waals surface area contributed by atoms with E-state index in [9.17, 15) is 0 Å². The Labute approximate surface area is 110 Å². The van der Waals surface area contributed by atoms with Crippen molar-refractivity contribution in [3.05, 3.63) is 53.8 Å². The van der Waals surface area contributed by atoms with Crippen LogP contribution in [0.15, 0.2) is 48.8 Å². The maximum atomic E-state index is 6.24. The minimum absolute atomic E-state index is 0.546. The third-order valence-corrected chi connectivity index (χ3v) is 3.24. The molecule has 18 heavy (non-hydrogen) atoms. The summed E-state index contributed by atoms with van der Waals surface area (Å²) in [6, 6.07) is 13.8. The van der Waals surface area contributed by atoms with Crippen LogP contribution >= 0.6 is 11.6 Å². The second kappa shape index (κ2) is 4.35. The first-order chi connectivity index (χ1) is 8.81. The number of aromatic nitrogens is 2. The molecule has 3 rings (SSSR count). The van der Waals surface area contributed by atoms with Crippen molar-refractivity contribution in [2.24, 2.45) is 0 Å². The number of methoxy groups -OCH3 is 1. The van der Waals surface area contributed by atoms with E-state index in [0.29, 0.717) is 10.8 Å². The highest BCUT2D eigenvalue weighted by molar-refractivity contribution is 6.36. The van der Waals surface area contributed by atoms with Gasteiger partial charge in [-0.2, -0.15) is 0 Å². The smallest absolute Gasteiger partial charge is 0.139 e. The second-order valence-electron chi connectivity index (χ2n) is 3.90. The highest BCUT2D eigenvalue weighted by Crippen LogP contribution is 2.32. The molecule has 0 aliphatic carbocycles. The number of nitrogens with zero attached hydrogens (tertiary/aromatic N) is 2. The Hall–Kier alpha value is -2.00. The van der Waals surface area contributed by atoms with E-state index in [1.165, 1.54) is 0 Å². The third-order valence-electron chi connectivity index (χ3n) is 2.88. The first-order valence-electron chi connectivity index (χ1n) is 5.56. The van der Waals surface area contributed by atoms with E-state index >= 15 is 0 Å². The Bertz CT molecular complexity index is 692. The summed E-state index contributed by atoms with van der Waals surface area (Å²) in [6.45, 7) is 0. The van der Waals surface area contributed by atoms with Gasteiger partial charge in [0, 0.05) is 5.69 Å². The SMILES string of the molecule is COc1ccc2c(ncn2-c2ccccc2)c1Cl. The van der Waals surface area contributed by atoms with E-state index in [-0.39, 0.29) is 0 Å². The molecular formula is C14H11ClN2O. The van der Waals surface area contributed by atoms with Crippen LogP contribution < -0.4 is 4.74 Å². The number of fused-ring (bicyclic) bond motifs is 1. The Balaban J connectivity index is 2.25. The molecule has 2 aromatic carbocycles. The fourth-order valence-electron chi connectivity index (χ4n) is 1.98. The fourth-order valence-corrected chi connectivity index (χ4v) is 2.27. The van der Waals surface area contributed by atoms with Gasteiger partial charge in [-0.3, -0.25) is 4.57 Å². The fraction of sp³-hybridized carbons (Fsp3) is 0.0714. The summed E-state index contributed by atoms with van der Waals surface area (Å²) in [4.78, 5) is 4.35. The molecule has 0 spiro atoms. The lowest BCUT2D eigenvalue weighted by Crippen LogP contribution is -1.91. The lowest BCUT2D eigenvalue weighted by Gasteiger charge is -2.06. The predicted octanol–water partition coefficient (Wildman–Crippen LogP) is 3.69. The Morgan fingerprint density at radius 1 is 1.11 bits per heavy atom. The van der Waals surface area contributed by atoms with E-state index in [0.717, 1.165) is 16.7 Å². The van der Waals surface area contributed by atoms with Gasteiger partial charge >= 0.3 is 0 Å². The Kier molecular flexibility index (Phi) is 2.68. The van der Waals surface area contributed by atoms with Crippen molar-refractivity contribution in [1.29, 1.82) is 0 Å². The topological polar surface area (TPSA) is 27.1 Å². The van der Waals surface area contributed by atoms with Gasteiger partial charge in [-0.15, -0.1) is 0 Å². The average Bonchev–Trinajstić information content (AvgIpc) is 2.85. The molecule has 4 heteroatoms. The van der Waals surface area contributed by atoms with Crippen LogP contribution in [0.2, 0.25) is 5.02 Å². The molecule has 3 aromatic rings. The van der Waals surface area contributed by atoms with E-state index in [1.807, 2.05) is 47.0 Å². The minimum atomic E-state index is 0.546. The molecule has 0 aliphatic heterocycles. The summed E-state index contributed by atoms with van der Waals surface area (Å²) < 4.78 is 7.19. The Morgan fingerprint density at radius 3 is 2.61 bits per heavy atom. The molecule has 0 aliphatic rings. The van der Waals surface area contributed by atoms with Crippen molar-refractivity contribution < 1.29 is 4.74 Å². The summed E-state index contributed by atoms with van der Waals surface area (Å²) in [7, 11) is 1.60. The molecule has 1 heterocycles. The zero-order chi connectivity index (χ0) is 12.5. The van der Waals surface area contributed by atoms with E-state index in [1.54, 1.807) is 13.4 Å². The molecule has 0 saturated heterocycles. The third kappa shape index (κ3) is 1.64. The van der Waals surface area contributed by atoms with Crippen molar-refractivity contribution >= 4 is 22.6 Å². The maximum absolute atomic E-state index is 6.24. The van der Waals surface area contributed by atoms with Crippen LogP contribution in [0.4, 0.5) is 0 Å². The molecule has 0 atom stereocenters. The van der Waals surface area contributed by atoms with Gasteiger partial charge in [-0.25, -0.2) is 4.98 Å². The van der Waals surface area contributed by atoms with Crippen molar-refractivity contribution in [3.8, 4) is 11.4 Å². The molecule has 0 radical (unpaired) electrons. The molecule has 0 fully saturated rings. The van der Waals surface area contributed by atoms with Crippen LogP contribution in [0.25, 0.3) is 16.7 Å². The number of hydrogen-bond donors (Lipinski definition) is 0. The molecule has 0 bridgehead atoms. The van der Waals surface area contributed by atoms with E-state index in [2.05, 4.69) is 4.98 Å². The van der Waals surface area contributed by atoms with E-state index < -0.39 is 0 Å². The number of para-hydroxylation sites is 1. The van der Waals surface area contributed by atoms with Crippen LogP contribution in [0.1, 0.15) is 0 Å². The average molecular weight is 259 g/mol. The quantitative estimate of drug-likeness (QED) is 0.701. The summed E-state index contributed by atoms with van der Waals surface area (Å²) in [6.07, 6.45) is 1.77. The zero-order valence-electron chi connectivity index (χ0n) is 9.80. The van der Waals surface area contributed by atoms with Gasteiger partial charge in [0.25, 0.3) is 0 Å². The van der Waals surface area contributed by atoms with Crippen molar-refractivity contribution in [2.45, 2.75) is 0 Å². The maximum Gasteiger partial charge on any atom is 0.139 e. The number of rotatable bonds is 2. The summed E-state index contributed by atoms with van der Waals surface area (Å²) in [5.74, 6) is 0.641. The first kappa shape index (κ1) is 11.1. The number of ether oxygens (including phenoxy) is 1. The van der Waals surface area contributed by atoms with Crippen LogP contribution in [0, 0.1) is 0 Å². The molecule has 0 unspecified atom stereocenters. The number of benzene rings is 2. The van der Waals surface area contributed by atoms with Crippen LogP contribution in [-0.4, -0.2) is 16.7 Å². The zero-order valence-corrected chi connectivity index (χ0v) is 10.6. The largest absolute Gasteiger partial charge is 0.495 e. The highest BCUT2D eigenvalue weighted by atomic mass is 35.5. The summed E-state index contributed by atoms with van der Waals surface area (Å²) in [5.41, 5.74) is 2.77. The number of halogens is 1. The minimum Gasteiger partial charge on any atom is -0.495 e. The van der Waals surface area contributed by atoms with Gasteiger partial charge in [-0.05, 0) is 24.3 Å². The van der Waals surface area contributed by atoms with Gasteiger partial charge in [0.2, 0.25) is 0 Å². The number of hydrogen-bond acceptors (Lipinski definition) is 2. The number of imidazole rings is 1. The second-order valence-corrected chi connectivity index (χ2v) is 4.28. The van der Waals surface area contributed by atoms with Crippen molar-refractivity contribution in [3.63, 3.8) is 0 Å². The van der Waals surface area contributed by atoms with Crippen LogP contribution in [0.3, 0.4) is 0 Å². The van der Waals surface area contributed by atoms with Gasteiger partial charge in [0.15, 0.2) is 0 Å². The first-order valence-corrected chi connectivity index (χ1v) is 5.94. The lowest BCUT2D eigenvalue weighted by molar-refractivity contribution is 0.415. The van der Waals surface area contributed by atoms with Gasteiger partial charge in [0.1, 0.15) is 22.6 Å². The molecular weight excluding hydrogens is 248 g/mol. The predicted molar refractivity (Wildman–Crippen MR) is 72.6 cm³/mol. The van der Waals surface area contributed by atoms with Gasteiger partial charge in [-0.1, -0.05) is 29.8 Å². The molecule has 3 nitrogen and oxygen atoms in total. The lowest BCUT2D eigenvalue weighted by atomic mass is 10.2. The van der Waals surface area contributed by atoms with Gasteiger partial charge < -0.3 is 4.74 Å². The van der Waals surface area contributed by atoms with Crippen molar-refractivity contribution in [1.82, 2.24) is 9.55 Å². The molecule has 0 saturated carbocycles. The normalized spacial score (nSPS) is 10.8. The van der Waals surface area contributed by atoms with Gasteiger partial charge in [0.05, 0.1) is 12.6 Å². The van der Waals surface area contributed by atoms with Crippen molar-refractivity contribution in [2.75, 3.05) is 7.11 Å².